The van der Waals surface area contributed by atoms with Crippen molar-refractivity contribution >= 4 is 44.7 Å². The number of rotatable bonds is 5. The van der Waals surface area contributed by atoms with Crippen molar-refractivity contribution in [2.45, 2.75) is 26.7 Å². The van der Waals surface area contributed by atoms with Crippen molar-refractivity contribution in [2.24, 2.45) is 0 Å². The van der Waals surface area contributed by atoms with Crippen LogP contribution < -0.4 is 5.32 Å². The largest absolute Gasteiger partial charge is 0.322 e. The van der Waals surface area contributed by atoms with Crippen LogP contribution in [-0.4, -0.2) is 15.3 Å². The Balaban J connectivity index is 1.62. The molecule has 4 rings (SSSR count). The predicted molar refractivity (Wildman–Crippen MR) is 113 cm³/mol. The highest BCUT2D eigenvalue weighted by molar-refractivity contribution is 7.18. The van der Waals surface area contributed by atoms with E-state index in [0.29, 0.717) is 12.0 Å². The number of hydrogen-bond donors (Lipinski definition) is 1. The van der Waals surface area contributed by atoms with Gasteiger partial charge in [-0.1, -0.05) is 37.3 Å². The number of anilines is 1. The summed E-state index contributed by atoms with van der Waals surface area (Å²) in [5.74, 6) is -0.0988. The second-order valence-electron chi connectivity index (χ2n) is 6.28. The predicted octanol–water partition coefficient (Wildman–Crippen LogP) is 5.47. The number of nitrogens with zero attached hydrogens (tertiary/aromatic N) is 2. The Morgan fingerprint density at radius 2 is 1.89 bits per heavy atom. The third-order valence-electron chi connectivity index (χ3n) is 4.46. The van der Waals surface area contributed by atoms with E-state index in [1.807, 2.05) is 49.4 Å². The zero-order valence-corrected chi connectivity index (χ0v) is 16.8. The lowest BCUT2D eigenvalue weighted by Crippen LogP contribution is -2.15. The van der Waals surface area contributed by atoms with Gasteiger partial charge in [-0.2, -0.15) is 4.37 Å². The fraction of sp³-hybridized carbons (Fsp3) is 0.190. The van der Waals surface area contributed by atoms with E-state index in [2.05, 4.69) is 22.7 Å². The van der Waals surface area contributed by atoms with E-state index in [1.165, 1.54) is 11.5 Å². The molecule has 0 saturated heterocycles. The summed E-state index contributed by atoms with van der Waals surface area (Å²) in [5.41, 5.74) is 4.43. The van der Waals surface area contributed by atoms with Crippen LogP contribution in [0.5, 0.6) is 0 Å². The van der Waals surface area contributed by atoms with Gasteiger partial charge < -0.3 is 5.32 Å². The molecule has 0 saturated carbocycles. The van der Waals surface area contributed by atoms with E-state index in [4.69, 9.17) is 4.98 Å². The van der Waals surface area contributed by atoms with Gasteiger partial charge in [-0.3, -0.25) is 4.79 Å². The van der Waals surface area contributed by atoms with Crippen LogP contribution in [0.2, 0.25) is 0 Å². The van der Waals surface area contributed by atoms with Crippen LogP contribution in [-0.2, 0) is 12.8 Å². The van der Waals surface area contributed by atoms with E-state index in [1.54, 1.807) is 11.3 Å². The maximum absolute atomic E-state index is 13.0. The summed E-state index contributed by atoms with van der Waals surface area (Å²) in [7, 11) is 0. The highest BCUT2D eigenvalue weighted by Crippen LogP contribution is 2.28. The summed E-state index contributed by atoms with van der Waals surface area (Å²) in [6.07, 6.45) is 1.50. The minimum atomic E-state index is -0.0988. The summed E-state index contributed by atoms with van der Waals surface area (Å²) < 4.78 is 5.59. The second-order valence-corrected chi connectivity index (χ2v) is 8.26. The van der Waals surface area contributed by atoms with Crippen LogP contribution in [0.4, 0.5) is 5.69 Å². The minimum Gasteiger partial charge on any atom is -0.322 e. The number of amides is 1. The number of hydrogen-bond acceptors (Lipinski definition) is 5. The fourth-order valence-corrected chi connectivity index (χ4v) is 5.04. The smallest absolute Gasteiger partial charge is 0.258 e. The zero-order chi connectivity index (χ0) is 18.8. The first-order valence-corrected chi connectivity index (χ1v) is 10.4. The third-order valence-corrected chi connectivity index (χ3v) is 6.43. The lowest BCUT2D eigenvalue weighted by Gasteiger charge is -2.10. The quantitative estimate of drug-likeness (QED) is 0.489. The summed E-state index contributed by atoms with van der Waals surface area (Å²) in [4.78, 5) is 18.6. The molecule has 2 aromatic carbocycles. The molecule has 0 aliphatic heterocycles. The molecular weight excluding hydrogens is 374 g/mol. The molecule has 0 bridgehead atoms. The molecule has 6 heteroatoms. The first kappa shape index (κ1) is 17.8. The van der Waals surface area contributed by atoms with Gasteiger partial charge in [0.15, 0.2) is 0 Å². The molecule has 2 heterocycles. The first-order valence-electron chi connectivity index (χ1n) is 8.84. The summed E-state index contributed by atoms with van der Waals surface area (Å²) >= 11 is 3.05. The molecule has 0 atom stereocenters. The minimum absolute atomic E-state index is 0.0988. The molecule has 4 nitrogen and oxygen atoms in total. The molecule has 27 heavy (non-hydrogen) atoms. The topological polar surface area (TPSA) is 54.9 Å². The molecule has 0 radical (unpaired) electrons. The standard InChI is InChI=1S/C21H19N3OS2/c1-3-14-8-4-5-9-15(14)23-21(25)20-13(2)24-27-18(20)12-19-22-16-10-6-7-11-17(16)26-19/h4-11H,3,12H2,1-2H3,(H,23,25). The molecule has 0 fully saturated rings. The number of carbonyl (C=O) groups excluding carboxylic acids is 1. The van der Waals surface area contributed by atoms with Gasteiger partial charge in [-0.25, -0.2) is 4.98 Å². The lowest BCUT2D eigenvalue weighted by molar-refractivity contribution is 0.102. The van der Waals surface area contributed by atoms with Crippen LogP contribution in [0.25, 0.3) is 10.2 Å². The van der Waals surface area contributed by atoms with Gasteiger partial charge in [0.25, 0.3) is 5.91 Å². The molecule has 1 N–H and O–H groups in total. The number of nitrogens with one attached hydrogen (secondary N) is 1. The molecule has 136 valence electrons. The Morgan fingerprint density at radius 1 is 1.11 bits per heavy atom. The summed E-state index contributed by atoms with van der Waals surface area (Å²) in [6.45, 7) is 3.97. The fourth-order valence-electron chi connectivity index (χ4n) is 3.10. The van der Waals surface area contributed by atoms with Crippen molar-refractivity contribution in [3.8, 4) is 0 Å². The van der Waals surface area contributed by atoms with Crippen molar-refractivity contribution in [1.82, 2.24) is 9.36 Å². The molecule has 0 aliphatic carbocycles. The van der Waals surface area contributed by atoms with E-state index < -0.39 is 0 Å². The first-order chi connectivity index (χ1) is 13.2. The van der Waals surface area contributed by atoms with Gasteiger partial charge >= 0.3 is 0 Å². The monoisotopic (exact) mass is 393 g/mol. The van der Waals surface area contributed by atoms with Crippen LogP contribution in [0.3, 0.4) is 0 Å². The molecule has 2 aromatic heterocycles. The molecule has 4 aromatic rings. The van der Waals surface area contributed by atoms with Gasteiger partial charge in [0, 0.05) is 17.0 Å². The van der Waals surface area contributed by atoms with Crippen molar-refractivity contribution in [1.29, 1.82) is 0 Å². The number of benzene rings is 2. The van der Waals surface area contributed by atoms with Crippen LogP contribution >= 0.6 is 22.9 Å². The lowest BCUT2D eigenvalue weighted by atomic mass is 10.1. The number of fused-ring (bicyclic) bond motifs is 1. The molecular formula is C21H19N3OS2. The zero-order valence-electron chi connectivity index (χ0n) is 15.2. The Hall–Kier alpha value is -2.57. The van der Waals surface area contributed by atoms with Crippen molar-refractivity contribution < 1.29 is 4.79 Å². The molecule has 0 unspecified atom stereocenters. The van der Waals surface area contributed by atoms with Gasteiger partial charge in [-0.05, 0) is 48.6 Å². The van der Waals surface area contributed by atoms with Crippen molar-refractivity contribution in [3.63, 3.8) is 0 Å². The van der Waals surface area contributed by atoms with E-state index in [9.17, 15) is 4.79 Å². The third kappa shape index (κ3) is 3.63. The Bertz CT molecular complexity index is 1080. The summed E-state index contributed by atoms with van der Waals surface area (Å²) in [5, 5.41) is 4.07. The van der Waals surface area contributed by atoms with Gasteiger partial charge in [-0.15, -0.1) is 11.3 Å². The number of para-hydroxylation sites is 2. The Kier molecular flexibility index (Phi) is 5.01. The number of thiazole rings is 1. The normalized spacial score (nSPS) is 11.0. The molecule has 0 aliphatic rings. The SMILES string of the molecule is CCc1ccccc1NC(=O)c1c(C)nsc1Cc1nc2ccccc2s1. The highest BCUT2D eigenvalue weighted by Gasteiger charge is 2.20. The number of aryl methyl sites for hydroxylation is 2. The average Bonchev–Trinajstić information content (AvgIpc) is 3.25. The van der Waals surface area contributed by atoms with Crippen molar-refractivity contribution in [2.75, 3.05) is 5.32 Å². The number of aromatic nitrogens is 2. The van der Waals surface area contributed by atoms with Gasteiger partial charge in [0.05, 0.1) is 26.5 Å². The highest BCUT2D eigenvalue weighted by atomic mass is 32.1. The Labute approximate surface area is 166 Å². The van der Waals surface area contributed by atoms with E-state index in [-0.39, 0.29) is 5.91 Å². The molecule has 0 spiro atoms. The second kappa shape index (κ2) is 7.58. The van der Waals surface area contributed by atoms with Gasteiger partial charge in [0.2, 0.25) is 0 Å². The maximum atomic E-state index is 13.0. The van der Waals surface area contributed by atoms with E-state index >= 15 is 0 Å². The van der Waals surface area contributed by atoms with Crippen LogP contribution in [0.15, 0.2) is 48.5 Å². The maximum Gasteiger partial charge on any atom is 0.258 e. The Morgan fingerprint density at radius 3 is 2.70 bits per heavy atom. The number of carbonyl (C=O) groups is 1. The van der Waals surface area contributed by atoms with Gasteiger partial charge in [0.1, 0.15) is 0 Å². The van der Waals surface area contributed by atoms with Crippen LogP contribution in [0.1, 0.15) is 38.4 Å². The van der Waals surface area contributed by atoms with Crippen LogP contribution in [0, 0.1) is 6.92 Å². The average molecular weight is 394 g/mol. The summed E-state index contributed by atoms with van der Waals surface area (Å²) in [6, 6.07) is 16.0. The van der Waals surface area contributed by atoms with Crippen molar-refractivity contribution in [3.05, 3.63) is 75.2 Å². The van der Waals surface area contributed by atoms with E-state index in [0.717, 1.165) is 43.5 Å². The molecule has 1 amide bonds.